The maximum Gasteiger partial charge on any atom is 0.254 e. The van der Waals surface area contributed by atoms with Crippen molar-refractivity contribution in [2.45, 2.75) is 32.6 Å². The number of hydrogen-bond acceptors (Lipinski definition) is 2. The smallest absolute Gasteiger partial charge is 0.254 e. The van der Waals surface area contributed by atoms with Crippen molar-refractivity contribution >= 4 is 16.8 Å². The van der Waals surface area contributed by atoms with E-state index in [1.807, 2.05) is 42.2 Å². The number of rotatable bonds is 4. The zero-order chi connectivity index (χ0) is 20.4. The summed E-state index contributed by atoms with van der Waals surface area (Å²) >= 11 is 0. The molecular weight excluding hydrogens is 367 g/mol. The van der Waals surface area contributed by atoms with Crippen LogP contribution in [0.5, 0.6) is 0 Å². The third-order valence-electron chi connectivity index (χ3n) is 5.79. The van der Waals surface area contributed by atoms with Gasteiger partial charge in [0.15, 0.2) is 0 Å². The number of H-pyrrole nitrogens is 1. The first-order chi connectivity index (χ1) is 14.0. The summed E-state index contributed by atoms with van der Waals surface area (Å²) in [7, 11) is 0. The van der Waals surface area contributed by atoms with E-state index in [-0.39, 0.29) is 17.3 Å². The van der Waals surface area contributed by atoms with Crippen LogP contribution in [0.2, 0.25) is 0 Å². The Morgan fingerprint density at radius 3 is 2.76 bits per heavy atom. The lowest BCUT2D eigenvalue weighted by Gasteiger charge is -2.33. The lowest BCUT2D eigenvalue weighted by molar-refractivity contribution is 0.0670. The molecule has 1 aliphatic rings. The number of amides is 1. The van der Waals surface area contributed by atoms with Crippen LogP contribution >= 0.6 is 0 Å². The van der Waals surface area contributed by atoms with Crippen LogP contribution in [-0.4, -0.2) is 28.9 Å². The average Bonchev–Trinajstić information content (AvgIpc) is 2.73. The number of hydrogen-bond donors (Lipinski definition) is 1. The molecule has 0 bridgehead atoms. The quantitative estimate of drug-likeness (QED) is 0.713. The first-order valence-electron chi connectivity index (χ1n) is 10.2. The van der Waals surface area contributed by atoms with E-state index in [2.05, 4.69) is 4.98 Å². The minimum Gasteiger partial charge on any atom is -0.338 e. The molecule has 4 rings (SSSR count). The van der Waals surface area contributed by atoms with Gasteiger partial charge in [-0.15, -0.1) is 0 Å². The molecular formula is C24H25FN2O2. The van der Waals surface area contributed by atoms with Gasteiger partial charge in [0.05, 0.1) is 5.56 Å². The molecule has 29 heavy (non-hydrogen) atoms. The number of aromatic nitrogens is 1. The van der Waals surface area contributed by atoms with Crippen LogP contribution in [0, 0.1) is 18.7 Å². The molecule has 2 heterocycles. The Labute approximate surface area is 169 Å². The summed E-state index contributed by atoms with van der Waals surface area (Å²) in [5, 5.41) is 0.794. The van der Waals surface area contributed by atoms with Crippen LogP contribution in [0.25, 0.3) is 10.9 Å². The summed E-state index contributed by atoms with van der Waals surface area (Å²) in [6, 6.07) is 13.8. The Bertz CT molecular complexity index is 1090. The van der Waals surface area contributed by atoms with Crippen molar-refractivity contribution in [2.24, 2.45) is 5.92 Å². The number of aryl methyl sites for hydroxylation is 2. The zero-order valence-electron chi connectivity index (χ0n) is 16.6. The van der Waals surface area contributed by atoms with Crippen molar-refractivity contribution in [1.29, 1.82) is 0 Å². The lowest BCUT2D eigenvalue weighted by Crippen LogP contribution is -2.40. The maximum atomic E-state index is 13.3. The van der Waals surface area contributed by atoms with Crippen molar-refractivity contribution in [2.75, 3.05) is 13.1 Å². The lowest BCUT2D eigenvalue weighted by atomic mass is 9.91. The summed E-state index contributed by atoms with van der Waals surface area (Å²) < 4.78 is 13.1. The molecule has 0 radical (unpaired) electrons. The van der Waals surface area contributed by atoms with Gasteiger partial charge in [0.1, 0.15) is 5.82 Å². The van der Waals surface area contributed by atoms with Crippen molar-refractivity contribution in [1.82, 2.24) is 9.88 Å². The molecule has 0 spiro atoms. The van der Waals surface area contributed by atoms with Crippen molar-refractivity contribution < 1.29 is 9.18 Å². The van der Waals surface area contributed by atoms with Gasteiger partial charge >= 0.3 is 0 Å². The number of likely N-dealkylation sites (tertiary alicyclic amines) is 1. The molecule has 5 heteroatoms. The molecule has 1 atom stereocenters. The summed E-state index contributed by atoms with van der Waals surface area (Å²) in [5.74, 6) is 0.120. The van der Waals surface area contributed by atoms with Gasteiger partial charge in [-0.25, -0.2) is 4.39 Å². The van der Waals surface area contributed by atoms with Gasteiger partial charge in [0.25, 0.3) is 5.91 Å². The highest BCUT2D eigenvalue weighted by Gasteiger charge is 2.25. The number of carbonyl (C=O) groups excluding carboxylic acids is 1. The van der Waals surface area contributed by atoms with Crippen LogP contribution in [0.15, 0.2) is 53.3 Å². The number of fused-ring (bicyclic) bond motifs is 1. The molecule has 1 fully saturated rings. The largest absolute Gasteiger partial charge is 0.338 e. The van der Waals surface area contributed by atoms with E-state index < -0.39 is 0 Å². The molecule has 0 unspecified atom stereocenters. The molecule has 1 N–H and O–H groups in total. The van der Waals surface area contributed by atoms with E-state index in [1.165, 1.54) is 18.2 Å². The fraction of sp³-hybridized carbons (Fsp3) is 0.333. The Kier molecular flexibility index (Phi) is 5.47. The van der Waals surface area contributed by atoms with E-state index in [0.717, 1.165) is 42.2 Å². The Morgan fingerprint density at radius 1 is 1.17 bits per heavy atom. The van der Waals surface area contributed by atoms with Crippen LogP contribution < -0.4 is 5.56 Å². The summed E-state index contributed by atoms with van der Waals surface area (Å²) in [4.78, 5) is 30.0. The van der Waals surface area contributed by atoms with Crippen molar-refractivity contribution in [3.63, 3.8) is 0 Å². The second kappa shape index (κ2) is 8.19. The van der Waals surface area contributed by atoms with Gasteiger partial charge in [-0.1, -0.05) is 23.8 Å². The third kappa shape index (κ3) is 4.39. The van der Waals surface area contributed by atoms with E-state index in [1.54, 1.807) is 0 Å². The van der Waals surface area contributed by atoms with Gasteiger partial charge in [0, 0.05) is 30.1 Å². The fourth-order valence-electron chi connectivity index (χ4n) is 4.22. The molecule has 0 saturated carbocycles. The monoisotopic (exact) mass is 392 g/mol. The number of nitrogens with zero attached hydrogens (tertiary/aromatic N) is 1. The zero-order valence-corrected chi connectivity index (χ0v) is 16.6. The van der Waals surface area contributed by atoms with E-state index >= 15 is 0 Å². The van der Waals surface area contributed by atoms with Gasteiger partial charge in [-0.2, -0.15) is 0 Å². The molecule has 2 aromatic carbocycles. The number of aromatic amines is 1. The molecule has 4 nitrogen and oxygen atoms in total. The Morgan fingerprint density at radius 2 is 1.97 bits per heavy atom. The van der Waals surface area contributed by atoms with E-state index in [4.69, 9.17) is 0 Å². The standard InChI is InChI=1S/C24H25FN2O2/c1-16-4-11-22-20(13-16)21(14-23(28)26-22)24(29)27-12-2-3-18(15-27)6-5-17-7-9-19(25)10-8-17/h4,7-11,13-14,18H,2-3,5-6,12,15H2,1H3,(H,26,28)/t18-/m0/s1. The predicted molar refractivity (Wildman–Crippen MR) is 113 cm³/mol. The number of nitrogens with one attached hydrogen (secondary N) is 1. The van der Waals surface area contributed by atoms with E-state index in [0.29, 0.717) is 30.1 Å². The summed E-state index contributed by atoms with van der Waals surface area (Å²) in [6.07, 6.45) is 3.88. The summed E-state index contributed by atoms with van der Waals surface area (Å²) in [6.45, 7) is 3.39. The van der Waals surface area contributed by atoms with Gasteiger partial charge in [0.2, 0.25) is 5.56 Å². The molecule has 1 aliphatic heterocycles. The number of carbonyl (C=O) groups is 1. The predicted octanol–water partition coefficient (Wildman–Crippen LogP) is 4.46. The highest BCUT2D eigenvalue weighted by Crippen LogP contribution is 2.25. The molecule has 3 aromatic rings. The van der Waals surface area contributed by atoms with Gasteiger partial charge < -0.3 is 9.88 Å². The minimum atomic E-state index is -0.255. The second-order valence-electron chi connectivity index (χ2n) is 8.02. The number of benzene rings is 2. The fourth-order valence-corrected chi connectivity index (χ4v) is 4.22. The van der Waals surface area contributed by atoms with Crippen LogP contribution in [-0.2, 0) is 6.42 Å². The molecule has 150 valence electrons. The first-order valence-corrected chi connectivity index (χ1v) is 10.2. The Hall–Kier alpha value is -2.95. The van der Waals surface area contributed by atoms with Crippen molar-refractivity contribution in [3.8, 4) is 0 Å². The van der Waals surface area contributed by atoms with Crippen LogP contribution in [0.1, 0.15) is 40.7 Å². The number of pyridine rings is 1. The molecule has 1 aromatic heterocycles. The molecule has 1 amide bonds. The average molecular weight is 392 g/mol. The van der Waals surface area contributed by atoms with Gasteiger partial charge in [-0.3, -0.25) is 9.59 Å². The molecule has 0 aliphatic carbocycles. The Balaban J connectivity index is 1.50. The van der Waals surface area contributed by atoms with E-state index in [9.17, 15) is 14.0 Å². The summed E-state index contributed by atoms with van der Waals surface area (Å²) in [5.41, 5.74) is 3.08. The van der Waals surface area contributed by atoms with Crippen molar-refractivity contribution in [3.05, 3.63) is 81.4 Å². The normalized spacial score (nSPS) is 16.9. The van der Waals surface area contributed by atoms with Crippen LogP contribution in [0.4, 0.5) is 4.39 Å². The topological polar surface area (TPSA) is 53.2 Å². The minimum absolute atomic E-state index is 0.0711. The van der Waals surface area contributed by atoms with Gasteiger partial charge in [-0.05, 0) is 68.4 Å². The molecule has 1 saturated heterocycles. The first kappa shape index (κ1) is 19.4. The maximum absolute atomic E-state index is 13.3. The third-order valence-corrected chi connectivity index (χ3v) is 5.79. The highest BCUT2D eigenvalue weighted by atomic mass is 19.1. The SMILES string of the molecule is Cc1ccc2[nH]c(=O)cc(C(=O)N3CCC[C@@H](CCc4ccc(F)cc4)C3)c2c1. The number of piperidine rings is 1. The van der Waals surface area contributed by atoms with Crippen LogP contribution in [0.3, 0.4) is 0 Å². The highest BCUT2D eigenvalue weighted by molar-refractivity contribution is 6.06. The number of halogens is 1. The second-order valence-corrected chi connectivity index (χ2v) is 8.02.